The number of benzene rings is 1. The molecule has 3 rings (SSSR count). The molecular weight excluding hydrogens is 421 g/mol. The Kier molecular flexibility index (Phi) is 5.65. The molecule has 0 unspecified atom stereocenters. The molecule has 1 aromatic carbocycles. The van der Waals surface area contributed by atoms with Gasteiger partial charge in [0.25, 0.3) is 0 Å². The van der Waals surface area contributed by atoms with Crippen LogP contribution in [0.4, 0.5) is 19.0 Å². The van der Waals surface area contributed by atoms with Crippen molar-refractivity contribution in [3.8, 4) is 29.1 Å². The summed E-state index contributed by atoms with van der Waals surface area (Å²) in [7, 11) is 0. The quantitative estimate of drug-likeness (QED) is 0.650. The van der Waals surface area contributed by atoms with E-state index in [0.717, 1.165) is 18.2 Å². The van der Waals surface area contributed by atoms with Gasteiger partial charge in [0.2, 0.25) is 0 Å². The third-order valence-electron chi connectivity index (χ3n) is 4.25. The minimum atomic E-state index is -4.66. The van der Waals surface area contributed by atoms with Gasteiger partial charge in [-0.05, 0) is 29.7 Å². The highest BCUT2D eigenvalue weighted by atomic mass is 35.5. The van der Waals surface area contributed by atoms with E-state index < -0.39 is 16.8 Å². The Labute approximate surface area is 173 Å². The normalized spacial score (nSPS) is 11.2. The Hall–Kier alpha value is -3.60. The number of nitriles is 2. The first kappa shape index (κ1) is 21.1. The van der Waals surface area contributed by atoms with Crippen molar-refractivity contribution in [2.45, 2.75) is 12.6 Å². The summed E-state index contributed by atoms with van der Waals surface area (Å²) in [5, 5.41) is 31.8. The molecule has 0 fully saturated rings. The number of nitrogens with zero attached hydrogens (tertiary/aromatic N) is 5. The summed E-state index contributed by atoms with van der Waals surface area (Å²) >= 11 is 5.82. The SMILES string of the molecule is N#Cc1c(N)nc(-n2cc(CCO)cn2)c(C#N)c1-c1ccc(C(F)(F)F)c(Cl)c1. The van der Waals surface area contributed by atoms with E-state index in [1.807, 2.05) is 12.1 Å². The molecule has 2 heterocycles. The van der Waals surface area contributed by atoms with Gasteiger partial charge in [-0.3, -0.25) is 0 Å². The van der Waals surface area contributed by atoms with Gasteiger partial charge in [0.15, 0.2) is 5.82 Å². The third kappa shape index (κ3) is 3.79. The fourth-order valence-electron chi connectivity index (χ4n) is 2.90. The predicted octanol–water partition coefficient (Wildman–Crippen LogP) is 3.47. The van der Waals surface area contributed by atoms with Crippen molar-refractivity contribution in [3.05, 3.63) is 57.9 Å². The average molecular weight is 433 g/mol. The Morgan fingerprint density at radius 1 is 1.20 bits per heavy atom. The molecule has 0 atom stereocenters. The van der Waals surface area contributed by atoms with E-state index in [4.69, 9.17) is 22.4 Å². The number of aliphatic hydroxyl groups excluding tert-OH is 1. The van der Waals surface area contributed by atoms with Crippen LogP contribution in [-0.2, 0) is 12.6 Å². The number of halogens is 4. The van der Waals surface area contributed by atoms with Crippen LogP contribution in [-0.4, -0.2) is 26.5 Å². The van der Waals surface area contributed by atoms with Crippen LogP contribution < -0.4 is 5.73 Å². The maximum Gasteiger partial charge on any atom is 0.417 e. The summed E-state index contributed by atoms with van der Waals surface area (Å²) < 4.78 is 40.4. The lowest BCUT2D eigenvalue weighted by molar-refractivity contribution is -0.137. The Balaban J connectivity index is 2.29. The van der Waals surface area contributed by atoms with Crippen molar-refractivity contribution in [1.82, 2.24) is 14.8 Å². The van der Waals surface area contributed by atoms with Gasteiger partial charge in [-0.2, -0.15) is 28.8 Å². The number of aliphatic hydroxyl groups is 1. The van der Waals surface area contributed by atoms with E-state index in [0.29, 0.717) is 12.0 Å². The molecule has 0 saturated carbocycles. The fourth-order valence-corrected chi connectivity index (χ4v) is 3.19. The van der Waals surface area contributed by atoms with Crippen molar-refractivity contribution in [3.63, 3.8) is 0 Å². The number of hydrogen-bond acceptors (Lipinski definition) is 6. The first-order valence-electron chi connectivity index (χ1n) is 8.36. The van der Waals surface area contributed by atoms with E-state index in [2.05, 4.69) is 10.1 Å². The average Bonchev–Trinajstić information content (AvgIpc) is 3.14. The molecule has 0 radical (unpaired) electrons. The first-order chi connectivity index (χ1) is 14.2. The summed E-state index contributed by atoms with van der Waals surface area (Å²) in [5.41, 5.74) is 5.31. The maximum atomic E-state index is 13.0. The second-order valence-corrected chi connectivity index (χ2v) is 6.54. The summed E-state index contributed by atoms with van der Waals surface area (Å²) in [5.74, 6) is -0.235. The first-order valence-corrected chi connectivity index (χ1v) is 8.74. The zero-order chi connectivity index (χ0) is 22.1. The molecule has 0 aliphatic carbocycles. The lowest BCUT2D eigenvalue weighted by Crippen LogP contribution is -2.10. The van der Waals surface area contributed by atoms with Gasteiger partial charge in [0.1, 0.15) is 29.1 Å². The molecule has 7 nitrogen and oxygen atoms in total. The Morgan fingerprint density at radius 3 is 2.47 bits per heavy atom. The Bertz CT molecular complexity index is 1210. The fraction of sp³-hybridized carbons (Fsp3) is 0.158. The minimum Gasteiger partial charge on any atom is -0.396 e. The minimum absolute atomic E-state index is 0.00247. The van der Waals surface area contributed by atoms with Crippen molar-refractivity contribution in [2.24, 2.45) is 0 Å². The summed E-state index contributed by atoms with van der Waals surface area (Å²) in [4.78, 5) is 4.08. The van der Waals surface area contributed by atoms with Crippen molar-refractivity contribution in [1.29, 1.82) is 10.5 Å². The van der Waals surface area contributed by atoms with Crippen LogP contribution >= 0.6 is 11.6 Å². The van der Waals surface area contributed by atoms with Crippen molar-refractivity contribution < 1.29 is 18.3 Å². The largest absolute Gasteiger partial charge is 0.417 e. The number of hydrogen-bond donors (Lipinski definition) is 2. The zero-order valence-electron chi connectivity index (χ0n) is 15.1. The molecule has 0 aliphatic heterocycles. The van der Waals surface area contributed by atoms with Crippen LogP contribution in [0.2, 0.25) is 5.02 Å². The number of pyridine rings is 1. The van der Waals surface area contributed by atoms with E-state index >= 15 is 0 Å². The third-order valence-corrected chi connectivity index (χ3v) is 4.56. The van der Waals surface area contributed by atoms with Crippen LogP contribution in [0, 0.1) is 22.7 Å². The van der Waals surface area contributed by atoms with Crippen LogP contribution in [0.5, 0.6) is 0 Å². The molecule has 0 aliphatic rings. The van der Waals surface area contributed by atoms with Crippen LogP contribution in [0.1, 0.15) is 22.3 Å². The van der Waals surface area contributed by atoms with Gasteiger partial charge in [0, 0.05) is 18.4 Å². The van der Waals surface area contributed by atoms with E-state index in [9.17, 15) is 23.7 Å². The second-order valence-electron chi connectivity index (χ2n) is 6.13. The lowest BCUT2D eigenvalue weighted by atomic mass is 9.95. The smallest absolute Gasteiger partial charge is 0.396 e. The van der Waals surface area contributed by atoms with Gasteiger partial charge in [0.05, 0.1) is 16.8 Å². The van der Waals surface area contributed by atoms with Gasteiger partial charge in [-0.15, -0.1) is 0 Å². The molecule has 3 aromatic rings. The van der Waals surface area contributed by atoms with E-state index in [1.54, 1.807) is 0 Å². The van der Waals surface area contributed by atoms with E-state index in [1.165, 1.54) is 17.1 Å². The molecular formula is C19H12ClF3N6O. The topological polar surface area (TPSA) is 125 Å². The molecule has 152 valence electrons. The van der Waals surface area contributed by atoms with Gasteiger partial charge in [-0.25, -0.2) is 9.67 Å². The molecule has 11 heteroatoms. The summed E-state index contributed by atoms with van der Waals surface area (Å²) in [6.45, 7) is -0.116. The molecule has 3 N–H and O–H groups in total. The van der Waals surface area contributed by atoms with Crippen molar-refractivity contribution >= 4 is 17.4 Å². The van der Waals surface area contributed by atoms with Crippen LogP contribution in [0.15, 0.2) is 30.6 Å². The lowest BCUT2D eigenvalue weighted by Gasteiger charge is -2.15. The Morgan fingerprint density at radius 2 is 1.90 bits per heavy atom. The standard InChI is InChI=1S/C19H12ClF3N6O/c20-15-5-11(1-2-14(15)19(21,22)23)16-12(6-24)17(26)28-18(13(16)7-25)29-9-10(3-4-30)8-27-29/h1-2,5,8-9,30H,3-4H2,(H2,26,28). The second kappa shape index (κ2) is 8.03. The number of nitrogens with two attached hydrogens (primary N) is 1. The van der Waals surface area contributed by atoms with Crippen LogP contribution in [0.3, 0.4) is 0 Å². The monoisotopic (exact) mass is 432 g/mol. The maximum absolute atomic E-state index is 13.0. The molecule has 0 spiro atoms. The highest BCUT2D eigenvalue weighted by molar-refractivity contribution is 6.31. The predicted molar refractivity (Wildman–Crippen MR) is 101 cm³/mol. The highest BCUT2D eigenvalue weighted by Crippen LogP contribution is 2.39. The van der Waals surface area contributed by atoms with Gasteiger partial charge < -0.3 is 10.8 Å². The van der Waals surface area contributed by atoms with Crippen molar-refractivity contribution in [2.75, 3.05) is 12.3 Å². The van der Waals surface area contributed by atoms with Gasteiger partial charge >= 0.3 is 6.18 Å². The van der Waals surface area contributed by atoms with Gasteiger partial charge in [-0.1, -0.05) is 17.7 Å². The summed E-state index contributed by atoms with van der Waals surface area (Å²) in [6.07, 6.45) is -1.36. The molecule has 0 amide bonds. The molecule has 0 bridgehead atoms. The number of alkyl halides is 3. The molecule has 2 aromatic heterocycles. The number of nitrogen functional groups attached to an aromatic ring is 1. The number of anilines is 1. The van der Waals surface area contributed by atoms with E-state index in [-0.39, 0.29) is 40.5 Å². The zero-order valence-corrected chi connectivity index (χ0v) is 15.8. The molecule has 0 saturated heterocycles. The highest BCUT2D eigenvalue weighted by Gasteiger charge is 2.33. The number of rotatable bonds is 4. The molecule has 30 heavy (non-hydrogen) atoms. The van der Waals surface area contributed by atoms with Crippen LogP contribution in [0.25, 0.3) is 16.9 Å². The number of aromatic nitrogens is 3. The summed E-state index contributed by atoms with van der Waals surface area (Å²) in [6, 6.07) is 6.66.